The highest BCUT2D eigenvalue weighted by Gasteiger charge is 2.22. The molecule has 0 aliphatic carbocycles. The van der Waals surface area contributed by atoms with Gasteiger partial charge < -0.3 is 9.47 Å². The van der Waals surface area contributed by atoms with Crippen LogP contribution in [0.4, 0.5) is 4.79 Å². The molecule has 0 aliphatic rings. The topological polar surface area (TPSA) is 35.5 Å². The van der Waals surface area contributed by atoms with Crippen molar-refractivity contribution in [3.8, 4) is 0 Å². The Balaban J connectivity index is 1.44. The average Bonchev–Trinajstić information content (AvgIpc) is 2.91. The molecule has 0 saturated heterocycles. The second kappa shape index (κ2) is 12.4. The van der Waals surface area contributed by atoms with Gasteiger partial charge in [0.2, 0.25) is 0 Å². The molecule has 0 radical (unpaired) electrons. The maximum absolute atomic E-state index is 13.0. The van der Waals surface area contributed by atoms with Crippen molar-refractivity contribution in [3.63, 3.8) is 0 Å². The van der Waals surface area contributed by atoms with E-state index in [9.17, 15) is 4.79 Å². The van der Waals surface area contributed by atoms with Crippen molar-refractivity contribution in [1.29, 1.82) is 0 Å². The standard InChI is InChI=1S/C31H30O3/c32-31(33-29(27-17-9-3-10-18-27)23-21-25-13-5-1-6-14-25)34-30(28-19-11-4-12-20-28)24-22-26-15-7-2-8-16-26/h1-20,29-30H,21-24H2. The average molecular weight is 451 g/mol. The molecule has 0 aliphatic heterocycles. The van der Waals surface area contributed by atoms with Crippen LogP contribution in [0.15, 0.2) is 121 Å². The quantitative estimate of drug-likeness (QED) is 0.230. The summed E-state index contributed by atoms with van der Waals surface area (Å²) in [7, 11) is 0. The zero-order chi connectivity index (χ0) is 23.4. The van der Waals surface area contributed by atoms with Gasteiger partial charge in [-0.1, -0.05) is 121 Å². The lowest BCUT2D eigenvalue weighted by molar-refractivity contribution is -0.00737. The van der Waals surface area contributed by atoms with Gasteiger partial charge in [0.25, 0.3) is 0 Å². The summed E-state index contributed by atoms with van der Waals surface area (Å²) < 4.78 is 11.8. The van der Waals surface area contributed by atoms with Crippen LogP contribution in [0.3, 0.4) is 0 Å². The molecule has 2 unspecified atom stereocenters. The predicted molar refractivity (Wildman–Crippen MR) is 135 cm³/mol. The second-order valence-corrected chi connectivity index (χ2v) is 8.33. The summed E-state index contributed by atoms with van der Waals surface area (Å²) in [5, 5.41) is 0. The van der Waals surface area contributed by atoms with Crippen LogP contribution < -0.4 is 0 Å². The molecule has 172 valence electrons. The summed E-state index contributed by atoms with van der Waals surface area (Å²) >= 11 is 0. The van der Waals surface area contributed by atoms with E-state index in [2.05, 4.69) is 24.3 Å². The second-order valence-electron chi connectivity index (χ2n) is 8.33. The first kappa shape index (κ1) is 23.3. The number of hydrogen-bond acceptors (Lipinski definition) is 3. The Morgan fingerprint density at radius 1 is 0.500 bits per heavy atom. The molecule has 0 fully saturated rings. The van der Waals surface area contributed by atoms with Crippen LogP contribution in [0.2, 0.25) is 0 Å². The molecule has 0 N–H and O–H groups in total. The van der Waals surface area contributed by atoms with E-state index in [-0.39, 0.29) is 12.2 Å². The van der Waals surface area contributed by atoms with Gasteiger partial charge in [-0.05, 0) is 47.9 Å². The van der Waals surface area contributed by atoms with Crippen LogP contribution in [0.5, 0.6) is 0 Å². The van der Waals surface area contributed by atoms with Crippen molar-refractivity contribution in [3.05, 3.63) is 144 Å². The van der Waals surface area contributed by atoms with Crippen LogP contribution >= 0.6 is 0 Å². The summed E-state index contributed by atoms with van der Waals surface area (Å²) in [5.74, 6) is 0. The molecule has 0 saturated carbocycles. The number of benzene rings is 4. The Kier molecular flexibility index (Phi) is 8.51. The first-order valence-corrected chi connectivity index (χ1v) is 11.8. The van der Waals surface area contributed by atoms with Crippen molar-refractivity contribution in [2.45, 2.75) is 37.9 Å². The normalized spacial score (nSPS) is 12.5. The van der Waals surface area contributed by atoms with Crippen LogP contribution in [0, 0.1) is 0 Å². The van der Waals surface area contributed by atoms with E-state index in [1.807, 2.05) is 97.1 Å². The van der Waals surface area contributed by atoms with E-state index in [1.54, 1.807) is 0 Å². The molecule has 4 rings (SSSR count). The largest absolute Gasteiger partial charge is 0.509 e. The highest BCUT2D eigenvalue weighted by molar-refractivity contribution is 5.61. The molecule has 4 aromatic carbocycles. The molecule has 3 heteroatoms. The van der Waals surface area contributed by atoms with Crippen molar-refractivity contribution >= 4 is 6.16 Å². The fourth-order valence-corrected chi connectivity index (χ4v) is 4.07. The van der Waals surface area contributed by atoms with Gasteiger partial charge in [0, 0.05) is 0 Å². The SMILES string of the molecule is O=C(OC(CCc1ccccc1)c1ccccc1)OC(CCc1ccccc1)c1ccccc1. The first-order chi connectivity index (χ1) is 16.8. The number of rotatable bonds is 10. The summed E-state index contributed by atoms with van der Waals surface area (Å²) in [6.07, 6.45) is 1.60. The minimum atomic E-state index is -0.635. The molecule has 0 spiro atoms. The third-order valence-corrected chi connectivity index (χ3v) is 5.90. The maximum Gasteiger partial charge on any atom is 0.509 e. The molecular formula is C31H30O3. The molecule has 0 aromatic heterocycles. The summed E-state index contributed by atoms with van der Waals surface area (Å²) in [5.41, 5.74) is 4.36. The van der Waals surface area contributed by atoms with Gasteiger partial charge in [0.15, 0.2) is 0 Å². The van der Waals surface area contributed by atoms with E-state index in [0.717, 1.165) is 24.0 Å². The van der Waals surface area contributed by atoms with Gasteiger partial charge in [0.1, 0.15) is 12.2 Å². The fourth-order valence-electron chi connectivity index (χ4n) is 4.07. The highest BCUT2D eigenvalue weighted by atomic mass is 16.7. The third-order valence-electron chi connectivity index (χ3n) is 5.90. The Bertz CT molecular complexity index is 1020. The lowest BCUT2D eigenvalue weighted by Gasteiger charge is -2.22. The molecule has 34 heavy (non-hydrogen) atoms. The molecule has 0 heterocycles. The fraction of sp³-hybridized carbons (Fsp3) is 0.194. The lowest BCUT2D eigenvalue weighted by Crippen LogP contribution is -2.17. The maximum atomic E-state index is 13.0. The highest BCUT2D eigenvalue weighted by Crippen LogP contribution is 2.28. The Hall–Kier alpha value is -3.85. The minimum absolute atomic E-state index is 0.376. The lowest BCUT2D eigenvalue weighted by atomic mass is 10.0. The van der Waals surface area contributed by atoms with Crippen LogP contribution in [0.1, 0.15) is 47.3 Å². The minimum Gasteiger partial charge on any atom is -0.426 e. The summed E-state index contributed by atoms with van der Waals surface area (Å²) in [4.78, 5) is 13.0. The zero-order valence-electron chi connectivity index (χ0n) is 19.3. The molecule has 3 nitrogen and oxygen atoms in total. The summed E-state index contributed by atoms with van der Waals surface area (Å²) in [6, 6.07) is 40.2. The van der Waals surface area contributed by atoms with Crippen molar-refractivity contribution in [2.75, 3.05) is 0 Å². The van der Waals surface area contributed by atoms with Gasteiger partial charge in [0.05, 0.1) is 0 Å². The molecule has 0 bridgehead atoms. The van der Waals surface area contributed by atoms with E-state index in [1.165, 1.54) is 11.1 Å². The Morgan fingerprint density at radius 2 is 0.824 bits per heavy atom. The molecule has 2 atom stereocenters. The van der Waals surface area contributed by atoms with Crippen molar-refractivity contribution in [2.24, 2.45) is 0 Å². The Morgan fingerprint density at radius 3 is 1.18 bits per heavy atom. The number of carbonyl (C=O) groups is 1. The van der Waals surface area contributed by atoms with E-state index >= 15 is 0 Å². The number of carbonyl (C=O) groups excluding carboxylic acids is 1. The molecule has 4 aromatic rings. The van der Waals surface area contributed by atoms with E-state index in [4.69, 9.17) is 9.47 Å². The molecular weight excluding hydrogens is 420 g/mol. The number of hydrogen-bond donors (Lipinski definition) is 0. The summed E-state index contributed by atoms with van der Waals surface area (Å²) in [6.45, 7) is 0. The zero-order valence-corrected chi connectivity index (χ0v) is 19.3. The van der Waals surface area contributed by atoms with Gasteiger partial charge in [-0.2, -0.15) is 0 Å². The van der Waals surface area contributed by atoms with Crippen LogP contribution in [0.25, 0.3) is 0 Å². The number of ether oxygens (including phenoxy) is 2. The van der Waals surface area contributed by atoms with E-state index < -0.39 is 6.16 Å². The Labute approximate surface area is 202 Å². The van der Waals surface area contributed by atoms with Crippen molar-refractivity contribution in [1.82, 2.24) is 0 Å². The van der Waals surface area contributed by atoms with Crippen LogP contribution in [-0.4, -0.2) is 6.16 Å². The van der Waals surface area contributed by atoms with Crippen molar-refractivity contribution < 1.29 is 14.3 Å². The van der Waals surface area contributed by atoms with E-state index in [0.29, 0.717) is 12.8 Å². The smallest absolute Gasteiger partial charge is 0.426 e. The van der Waals surface area contributed by atoms with Crippen LogP contribution in [-0.2, 0) is 22.3 Å². The number of aryl methyl sites for hydroxylation is 2. The van der Waals surface area contributed by atoms with Gasteiger partial charge in [-0.25, -0.2) is 4.79 Å². The monoisotopic (exact) mass is 450 g/mol. The molecule has 0 amide bonds. The first-order valence-electron chi connectivity index (χ1n) is 11.8. The van der Waals surface area contributed by atoms with Gasteiger partial charge >= 0.3 is 6.16 Å². The predicted octanol–water partition coefficient (Wildman–Crippen LogP) is 7.89. The van der Waals surface area contributed by atoms with Gasteiger partial charge in [-0.15, -0.1) is 0 Å². The third kappa shape index (κ3) is 7.08. The van der Waals surface area contributed by atoms with Gasteiger partial charge in [-0.3, -0.25) is 0 Å².